The summed E-state index contributed by atoms with van der Waals surface area (Å²) >= 11 is 0. The fraction of sp³-hybridized carbons (Fsp3) is 0.571. The van der Waals surface area contributed by atoms with Crippen molar-refractivity contribution in [2.24, 2.45) is 0 Å². The van der Waals surface area contributed by atoms with E-state index in [1.165, 1.54) is 6.07 Å². The van der Waals surface area contributed by atoms with Crippen molar-refractivity contribution < 1.29 is 10.0 Å². The maximum absolute atomic E-state index is 10.8. The first-order chi connectivity index (χ1) is 9.04. The number of rotatable bonds is 8. The van der Waals surface area contributed by atoms with Crippen LogP contribution < -0.4 is 5.32 Å². The van der Waals surface area contributed by atoms with Crippen LogP contribution in [0.25, 0.3) is 0 Å². The van der Waals surface area contributed by atoms with E-state index < -0.39 is 0 Å². The van der Waals surface area contributed by atoms with Gasteiger partial charge in [-0.1, -0.05) is 19.1 Å². The number of hydrogen-bond acceptors (Lipinski definition) is 4. The highest BCUT2D eigenvalue weighted by Crippen LogP contribution is 2.21. The van der Waals surface area contributed by atoms with E-state index in [9.17, 15) is 15.2 Å². The molecule has 5 heteroatoms. The number of benzene rings is 1. The summed E-state index contributed by atoms with van der Waals surface area (Å²) in [6.45, 7) is 4.62. The van der Waals surface area contributed by atoms with Crippen LogP contribution in [0.4, 0.5) is 5.69 Å². The van der Waals surface area contributed by atoms with Gasteiger partial charge in [0.1, 0.15) is 0 Å². The van der Waals surface area contributed by atoms with Crippen molar-refractivity contribution in [2.75, 3.05) is 6.54 Å². The molecule has 5 nitrogen and oxygen atoms in total. The lowest BCUT2D eigenvalue weighted by Crippen LogP contribution is -2.22. The van der Waals surface area contributed by atoms with Gasteiger partial charge in [-0.15, -0.1) is 0 Å². The van der Waals surface area contributed by atoms with E-state index in [0.29, 0.717) is 0 Å². The highest BCUT2D eigenvalue weighted by Gasteiger charge is 2.12. The number of non-ortho nitro benzene ring substituents is 1. The maximum atomic E-state index is 10.8. The summed E-state index contributed by atoms with van der Waals surface area (Å²) in [5.74, 6) is 0. The van der Waals surface area contributed by atoms with Gasteiger partial charge in [0.25, 0.3) is 5.69 Å². The Labute approximate surface area is 113 Å². The van der Waals surface area contributed by atoms with Crippen LogP contribution in [-0.4, -0.2) is 22.7 Å². The molecule has 2 unspecified atom stereocenters. The molecule has 19 heavy (non-hydrogen) atoms. The van der Waals surface area contributed by atoms with E-state index >= 15 is 0 Å². The summed E-state index contributed by atoms with van der Waals surface area (Å²) in [5, 5.41) is 23.3. The van der Waals surface area contributed by atoms with Gasteiger partial charge in [0, 0.05) is 18.2 Å². The highest BCUT2D eigenvalue weighted by atomic mass is 16.6. The second-order valence-corrected chi connectivity index (χ2v) is 4.76. The predicted molar refractivity (Wildman–Crippen MR) is 75.0 cm³/mol. The smallest absolute Gasteiger partial charge is 0.269 e. The van der Waals surface area contributed by atoms with Crippen LogP contribution in [0.2, 0.25) is 0 Å². The molecule has 0 aliphatic carbocycles. The summed E-state index contributed by atoms with van der Waals surface area (Å²) < 4.78 is 0. The summed E-state index contributed by atoms with van der Waals surface area (Å²) in [4.78, 5) is 10.4. The molecular formula is C14H22N2O3. The molecule has 0 fully saturated rings. The Bertz CT molecular complexity index is 407. The van der Waals surface area contributed by atoms with E-state index in [1.807, 2.05) is 13.0 Å². The number of nitro groups is 1. The largest absolute Gasteiger partial charge is 0.393 e. The van der Waals surface area contributed by atoms with Crippen molar-refractivity contribution in [3.63, 3.8) is 0 Å². The van der Waals surface area contributed by atoms with E-state index in [-0.39, 0.29) is 22.8 Å². The van der Waals surface area contributed by atoms with Crippen LogP contribution in [0.15, 0.2) is 24.3 Å². The molecule has 2 atom stereocenters. The number of nitrogens with one attached hydrogen (secondary N) is 1. The molecule has 1 aromatic rings. The van der Waals surface area contributed by atoms with Crippen LogP contribution in [0, 0.1) is 10.1 Å². The topological polar surface area (TPSA) is 75.4 Å². The first-order valence-corrected chi connectivity index (χ1v) is 6.70. The Morgan fingerprint density at radius 3 is 2.79 bits per heavy atom. The van der Waals surface area contributed by atoms with Crippen molar-refractivity contribution in [1.82, 2.24) is 5.32 Å². The minimum absolute atomic E-state index is 0.119. The molecule has 0 radical (unpaired) electrons. The molecule has 0 aliphatic rings. The van der Waals surface area contributed by atoms with Gasteiger partial charge in [0.05, 0.1) is 11.0 Å². The fourth-order valence-electron chi connectivity index (χ4n) is 2.03. The molecule has 0 amide bonds. The van der Waals surface area contributed by atoms with Gasteiger partial charge in [-0.3, -0.25) is 10.1 Å². The Morgan fingerprint density at radius 2 is 2.21 bits per heavy atom. The Kier molecular flexibility index (Phi) is 6.45. The zero-order valence-electron chi connectivity index (χ0n) is 11.5. The molecule has 106 valence electrons. The number of nitrogens with zero attached hydrogens (tertiary/aromatic N) is 1. The second kappa shape index (κ2) is 7.86. The van der Waals surface area contributed by atoms with Crippen molar-refractivity contribution in [1.29, 1.82) is 0 Å². The van der Waals surface area contributed by atoms with Crippen LogP contribution in [0.3, 0.4) is 0 Å². The Morgan fingerprint density at radius 1 is 1.47 bits per heavy atom. The van der Waals surface area contributed by atoms with Crippen LogP contribution in [0.1, 0.15) is 44.7 Å². The van der Waals surface area contributed by atoms with E-state index in [0.717, 1.165) is 31.4 Å². The minimum Gasteiger partial charge on any atom is -0.393 e. The first-order valence-electron chi connectivity index (χ1n) is 6.70. The number of hydrogen-bond donors (Lipinski definition) is 2. The highest BCUT2D eigenvalue weighted by molar-refractivity contribution is 5.35. The number of aliphatic hydroxyl groups is 1. The molecular weight excluding hydrogens is 244 g/mol. The van der Waals surface area contributed by atoms with E-state index in [4.69, 9.17) is 0 Å². The first kappa shape index (κ1) is 15.6. The van der Waals surface area contributed by atoms with Gasteiger partial charge in [0.15, 0.2) is 0 Å². The number of nitro benzene ring substituents is 1. The second-order valence-electron chi connectivity index (χ2n) is 4.76. The lowest BCUT2D eigenvalue weighted by Gasteiger charge is -2.17. The van der Waals surface area contributed by atoms with Gasteiger partial charge in [-0.05, 0) is 38.3 Å². The third-order valence-corrected chi connectivity index (χ3v) is 3.08. The summed E-state index contributed by atoms with van der Waals surface area (Å²) in [7, 11) is 0. The normalized spacial score (nSPS) is 14.1. The molecule has 0 bridgehead atoms. The monoisotopic (exact) mass is 266 g/mol. The molecule has 1 rings (SSSR count). The zero-order chi connectivity index (χ0) is 14.3. The molecule has 0 spiro atoms. The summed E-state index contributed by atoms with van der Waals surface area (Å²) in [6.07, 6.45) is 2.25. The third kappa shape index (κ3) is 5.36. The van der Waals surface area contributed by atoms with Crippen molar-refractivity contribution >= 4 is 5.69 Å². The molecule has 0 aromatic heterocycles. The van der Waals surface area contributed by atoms with Crippen LogP contribution >= 0.6 is 0 Å². The molecule has 0 aliphatic heterocycles. The quantitative estimate of drug-likeness (QED) is 0.431. The van der Waals surface area contributed by atoms with E-state index in [1.54, 1.807) is 19.1 Å². The Hall–Kier alpha value is -1.46. The maximum Gasteiger partial charge on any atom is 0.269 e. The van der Waals surface area contributed by atoms with E-state index in [2.05, 4.69) is 5.32 Å². The molecule has 0 heterocycles. The average molecular weight is 266 g/mol. The van der Waals surface area contributed by atoms with Crippen molar-refractivity contribution in [3.8, 4) is 0 Å². The van der Waals surface area contributed by atoms with Crippen molar-refractivity contribution in [2.45, 2.75) is 45.3 Å². The van der Waals surface area contributed by atoms with Crippen LogP contribution in [0.5, 0.6) is 0 Å². The van der Waals surface area contributed by atoms with Crippen LogP contribution in [-0.2, 0) is 0 Å². The lowest BCUT2D eigenvalue weighted by atomic mass is 10.0. The molecule has 2 N–H and O–H groups in total. The average Bonchev–Trinajstić information content (AvgIpc) is 2.38. The third-order valence-electron chi connectivity index (χ3n) is 3.08. The zero-order valence-corrected chi connectivity index (χ0v) is 11.5. The fourth-order valence-corrected chi connectivity index (χ4v) is 2.03. The van der Waals surface area contributed by atoms with Gasteiger partial charge in [-0.25, -0.2) is 0 Å². The Balaban J connectivity index is 2.59. The molecule has 0 saturated heterocycles. The van der Waals surface area contributed by atoms with Gasteiger partial charge in [0.2, 0.25) is 0 Å². The lowest BCUT2D eigenvalue weighted by molar-refractivity contribution is -0.384. The molecule has 1 aromatic carbocycles. The van der Waals surface area contributed by atoms with Gasteiger partial charge >= 0.3 is 0 Å². The SMILES string of the molecule is CCC(NCCCC(C)O)c1cccc([N+](=O)[O-])c1. The number of aliphatic hydroxyl groups excluding tert-OH is 1. The standard InChI is InChI=1S/C14H22N2O3/c1-3-14(15-9-5-6-11(2)17)12-7-4-8-13(10-12)16(18)19/h4,7-8,10-11,14-15,17H,3,5-6,9H2,1-2H3. The summed E-state index contributed by atoms with van der Waals surface area (Å²) in [6, 6.07) is 6.87. The minimum atomic E-state index is -0.371. The molecule has 0 saturated carbocycles. The van der Waals surface area contributed by atoms with Crippen molar-refractivity contribution in [3.05, 3.63) is 39.9 Å². The predicted octanol–water partition coefficient (Wildman–Crippen LogP) is 2.80. The van der Waals surface area contributed by atoms with Gasteiger partial charge < -0.3 is 10.4 Å². The summed E-state index contributed by atoms with van der Waals surface area (Å²) in [5.41, 5.74) is 1.07. The van der Waals surface area contributed by atoms with Gasteiger partial charge in [-0.2, -0.15) is 0 Å².